The van der Waals surface area contributed by atoms with Crippen LogP contribution in [0, 0.1) is 0 Å². The van der Waals surface area contributed by atoms with E-state index < -0.39 is 0 Å². The van der Waals surface area contributed by atoms with Crippen LogP contribution in [0.5, 0.6) is 0 Å². The zero-order valence-corrected chi connectivity index (χ0v) is 15.9. The maximum atomic E-state index is 12.5. The molecule has 0 unspecified atom stereocenters. The van der Waals surface area contributed by atoms with E-state index in [0.29, 0.717) is 43.3 Å². The van der Waals surface area contributed by atoms with E-state index >= 15 is 0 Å². The van der Waals surface area contributed by atoms with Crippen LogP contribution in [0.2, 0.25) is 0 Å². The molecule has 0 bridgehead atoms. The Morgan fingerprint density at radius 3 is 3.04 bits per heavy atom. The predicted octanol–water partition coefficient (Wildman–Crippen LogP) is 0.202. The number of fused-ring (bicyclic) bond motifs is 1. The van der Waals surface area contributed by atoms with Crippen LogP contribution in [0.1, 0.15) is 27.4 Å². The molecule has 1 aliphatic rings. The predicted molar refractivity (Wildman–Crippen MR) is 102 cm³/mol. The van der Waals surface area contributed by atoms with Gasteiger partial charge in [0.2, 0.25) is 5.91 Å². The minimum absolute atomic E-state index is 0.0162. The van der Waals surface area contributed by atoms with Crippen LogP contribution in [0.15, 0.2) is 23.8 Å². The van der Waals surface area contributed by atoms with Gasteiger partial charge in [0.15, 0.2) is 10.8 Å². The van der Waals surface area contributed by atoms with Crippen molar-refractivity contribution in [1.82, 2.24) is 35.2 Å². The van der Waals surface area contributed by atoms with Gasteiger partial charge in [-0.25, -0.2) is 4.98 Å². The van der Waals surface area contributed by atoms with Crippen molar-refractivity contribution in [2.75, 3.05) is 18.8 Å². The van der Waals surface area contributed by atoms with Crippen LogP contribution in [0.4, 0.5) is 5.13 Å². The summed E-state index contributed by atoms with van der Waals surface area (Å²) in [5.41, 5.74) is 8.54. The van der Waals surface area contributed by atoms with E-state index in [2.05, 4.69) is 25.6 Å². The summed E-state index contributed by atoms with van der Waals surface area (Å²) < 4.78 is 1.60. The first-order valence-corrected chi connectivity index (χ1v) is 9.77. The van der Waals surface area contributed by atoms with Crippen LogP contribution in [-0.4, -0.2) is 54.8 Å². The van der Waals surface area contributed by atoms with E-state index in [0.717, 1.165) is 17.0 Å². The molecule has 0 aromatic carbocycles. The molecule has 0 saturated carbocycles. The molecule has 146 valence electrons. The van der Waals surface area contributed by atoms with E-state index in [1.807, 2.05) is 5.38 Å². The fourth-order valence-corrected chi connectivity index (χ4v) is 3.77. The third-order valence-electron chi connectivity index (χ3n) is 4.59. The molecule has 0 atom stereocenters. The Labute approximate surface area is 164 Å². The zero-order chi connectivity index (χ0) is 19.5. The second-order valence-electron chi connectivity index (χ2n) is 6.48. The van der Waals surface area contributed by atoms with E-state index in [4.69, 9.17) is 5.73 Å². The second-order valence-corrected chi connectivity index (χ2v) is 7.37. The number of amides is 2. The van der Waals surface area contributed by atoms with Crippen molar-refractivity contribution < 1.29 is 9.59 Å². The molecule has 10 nitrogen and oxygen atoms in total. The number of nitrogens with zero attached hydrogens (tertiary/aromatic N) is 5. The number of carbonyl (C=O) groups is 2. The quantitative estimate of drug-likeness (QED) is 0.541. The Morgan fingerprint density at radius 1 is 1.39 bits per heavy atom. The van der Waals surface area contributed by atoms with Gasteiger partial charge in [-0.05, 0) is 12.5 Å². The first-order valence-electron chi connectivity index (χ1n) is 8.89. The van der Waals surface area contributed by atoms with Gasteiger partial charge in [-0.3, -0.25) is 19.4 Å². The molecule has 4 rings (SSSR count). The second kappa shape index (κ2) is 7.80. The maximum Gasteiger partial charge on any atom is 0.272 e. The van der Waals surface area contributed by atoms with E-state index in [-0.39, 0.29) is 18.4 Å². The van der Waals surface area contributed by atoms with Crippen molar-refractivity contribution in [3.8, 4) is 0 Å². The summed E-state index contributed by atoms with van der Waals surface area (Å²) in [4.78, 5) is 30.8. The lowest BCUT2D eigenvalue weighted by atomic mass is 10.0. The zero-order valence-electron chi connectivity index (χ0n) is 15.1. The van der Waals surface area contributed by atoms with Crippen molar-refractivity contribution >= 4 is 28.3 Å². The number of hydrogen-bond donors (Lipinski definition) is 3. The minimum atomic E-state index is -0.225. The summed E-state index contributed by atoms with van der Waals surface area (Å²) in [6.45, 7) is 1.61. The Balaban J connectivity index is 1.34. The van der Waals surface area contributed by atoms with Crippen molar-refractivity contribution in [3.63, 3.8) is 0 Å². The monoisotopic (exact) mass is 400 g/mol. The van der Waals surface area contributed by atoms with Crippen LogP contribution >= 0.6 is 11.3 Å². The fraction of sp³-hybridized carbons (Fsp3) is 0.353. The Morgan fingerprint density at radius 2 is 2.29 bits per heavy atom. The summed E-state index contributed by atoms with van der Waals surface area (Å²) in [7, 11) is 0. The number of rotatable bonds is 6. The molecule has 0 spiro atoms. The third kappa shape index (κ3) is 3.88. The Hall–Kier alpha value is -3.21. The summed E-state index contributed by atoms with van der Waals surface area (Å²) in [5, 5.41) is 16.4. The maximum absolute atomic E-state index is 12.5. The molecule has 0 radical (unpaired) electrons. The average molecular weight is 400 g/mol. The topological polar surface area (TPSA) is 135 Å². The highest BCUT2D eigenvalue weighted by Crippen LogP contribution is 2.20. The molecular weight excluding hydrogens is 380 g/mol. The van der Waals surface area contributed by atoms with E-state index in [9.17, 15) is 9.59 Å². The number of hydrogen-bond acceptors (Lipinski definition) is 7. The van der Waals surface area contributed by atoms with E-state index in [1.165, 1.54) is 11.3 Å². The lowest BCUT2D eigenvalue weighted by Gasteiger charge is -2.26. The highest BCUT2D eigenvalue weighted by Gasteiger charge is 2.27. The molecule has 1 aliphatic heterocycles. The van der Waals surface area contributed by atoms with E-state index in [1.54, 1.807) is 28.0 Å². The van der Waals surface area contributed by atoms with Crippen LogP contribution in [0.25, 0.3) is 0 Å². The smallest absolute Gasteiger partial charge is 0.272 e. The van der Waals surface area contributed by atoms with Gasteiger partial charge in [0.05, 0.1) is 17.9 Å². The van der Waals surface area contributed by atoms with Crippen molar-refractivity contribution in [1.29, 1.82) is 0 Å². The molecule has 4 N–H and O–H groups in total. The SMILES string of the molecule is Nc1nc(CCNC(=O)c2n[nH]c3c2CCN(C(=O)Cn2cccn2)C3)cs1. The number of anilines is 1. The lowest BCUT2D eigenvalue weighted by molar-refractivity contribution is -0.133. The third-order valence-corrected chi connectivity index (χ3v) is 5.32. The average Bonchev–Trinajstić information content (AvgIpc) is 3.42. The van der Waals surface area contributed by atoms with Gasteiger partial charge < -0.3 is 16.0 Å². The molecule has 0 saturated heterocycles. The Kier molecular flexibility index (Phi) is 5.06. The number of aromatic amines is 1. The van der Waals surface area contributed by atoms with Crippen molar-refractivity contribution in [2.24, 2.45) is 0 Å². The van der Waals surface area contributed by atoms with Gasteiger partial charge in [0.25, 0.3) is 5.91 Å². The van der Waals surface area contributed by atoms with Crippen LogP contribution in [0.3, 0.4) is 0 Å². The minimum Gasteiger partial charge on any atom is -0.375 e. The van der Waals surface area contributed by atoms with Crippen LogP contribution < -0.4 is 11.1 Å². The van der Waals surface area contributed by atoms with Gasteiger partial charge in [-0.2, -0.15) is 10.2 Å². The molecule has 3 aromatic heterocycles. The standard InChI is InChI=1S/C17H20N8O2S/c18-17-21-11(10-28-17)2-5-19-16(27)15-12-3-7-24(8-13(12)22-23-15)14(26)9-25-6-1-4-20-25/h1,4,6,10H,2-3,5,7-9H2,(H2,18,21)(H,19,27)(H,22,23). The van der Waals surface area contributed by atoms with Crippen LogP contribution in [-0.2, 0) is 30.7 Å². The van der Waals surface area contributed by atoms with Crippen molar-refractivity contribution in [3.05, 3.63) is 46.5 Å². The van der Waals surface area contributed by atoms with Gasteiger partial charge in [-0.1, -0.05) is 0 Å². The lowest BCUT2D eigenvalue weighted by Crippen LogP contribution is -2.38. The summed E-state index contributed by atoms with van der Waals surface area (Å²) in [6, 6.07) is 1.78. The molecule has 2 amide bonds. The van der Waals surface area contributed by atoms with Gasteiger partial charge in [0, 0.05) is 42.8 Å². The summed E-state index contributed by atoms with van der Waals surface area (Å²) in [6.07, 6.45) is 4.60. The molecule has 0 fully saturated rings. The molecule has 0 aliphatic carbocycles. The van der Waals surface area contributed by atoms with Gasteiger partial charge in [-0.15, -0.1) is 11.3 Å². The number of nitrogens with one attached hydrogen (secondary N) is 2. The fourth-order valence-electron chi connectivity index (χ4n) is 3.18. The number of thiazole rings is 1. The Bertz CT molecular complexity index is 977. The molecule has 11 heteroatoms. The summed E-state index contributed by atoms with van der Waals surface area (Å²) in [5.74, 6) is -0.241. The largest absolute Gasteiger partial charge is 0.375 e. The molecular formula is C17H20N8O2S. The molecule has 3 aromatic rings. The number of carbonyl (C=O) groups excluding carboxylic acids is 2. The molecule has 28 heavy (non-hydrogen) atoms. The highest BCUT2D eigenvalue weighted by molar-refractivity contribution is 7.13. The van der Waals surface area contributed by atoms with Gasteiger partial charge in [0.1, 0.15) is 6.54 Å². The summed E-state index contributed by atoms with van der Waals surface area (Å²) >= 11 is 1.38. The number of nitrogens with two attached hydrogens (primary N) is 1. The number of aromatic nitrogens is 5. The number of nitrogen functional groups attached to an aromatic ring is 1. The normalized spacial score (nSPS) is 13.4. The number of H-pyrrole nitrogens is 1. The van der Waals surface area contributed by atoms with Gasteiger partial charge >= 0.3 is 0 Å². The highest BCUT2D eigenvalue weighted by atomic mass is 32.1. The molecule has 4 heterocycles. The first-order chi connectivity index (χ1) is 13.6. The van der Waals surface area contributed by atoms with Crippen molar-refractivity contribution in [2.45, 2.75) is 25.9 Å². The first kappa shape index (κ1) is 18.2.